The number of aliphatic imine (C=N–C) groups is 1. The third-order valence-corrected chi connectivity index (χ3v) is 4.56. The van der Waals surface area contributed by atoms with Crippen LogP contribution in [0.3, 0.4) is 0 Å². The number of benzene rings is 3. The van der Waals surface area contributed by atoms with Gasteiger partial charge in [0.1, 0.15) is 11.3 Å². The molecule has 1 heterocycles. The Morgan fingerprint density at radius 1 is 1.17 bits per heavy atom. The summed E-state index contributed by atoms with van der Waals surface area (Å²) in [4.78, 5) is 19.5. The van der Waals surface area contributed by atoms with Gasteiger partial charge in [-0.2, -0.15) is 0 Å². The summed E-state index contributed by atoms with van der Waals surface area (Å²) in [6.07, 6.45) is 2.31. The Morgan fingerprint density at radius 2 is 2.00 bits per heavy atom. The van der Waals surface area contributed by atoms with Crippen LogP contribution in [0.2, 0.25) is 0 Å². The molecule has 4 aromatic rings. The highest BCUT2D eigenvalue weighted by atomic mass is 16.6. The van der Waals surface area contributed by atoms with Crippen LogP contribution in [0.5, 0.6) is 5.75 Å². The van der Waals surface area contributed by atoms with Crippen molar-refractivity contribution in [2.24, 2.45) is 4.99 Å². The summed E-state index contributed by atoms with van der Waals surface area (Å²) in [5.74, 6) is 0.297. The molecule has 3 aromatic carbocycles. The molecule has 0 saturated carbocycles. The number of fused-ring (bicyclic) bond motifs is 1. The number of hydrogen-bond acceptors (Lipinski definition) is 6. The fourth-order valence-electron chi connectivity index (χ4n) is 2.99. The maximum Gasteiger partial charge on any atom is 0.278 e. The van der Waals surface area contributed by atoms with E-state index in [0.717, 1.165) is 12.0 Å². The van der Waals surface area contributed by atoms with Crippen molar-refractivity contribution in [1.82, 2.24) is 4.98 Å². The quantitative estimate of drug-likeness (QED) is 0.280. The van der Waals surface area contributed by atoms with Gasteiger partial charge in [0.2, 0.25) is 5.89 Å². The number of hydrogen-bond donors (Lipinski definition) is 1. The zero-order valence-electron chi connectivity index (χ0n) is 15.6. The molecule has 0 atom stereocenters. The molecule has 0 fully saturated rings. The summed E-state index contributed by atoms with van der Waals surface area (Å²) in [6, 6.07) is 16.9. The molecule has 7 nitrogen and oxygen atoms in total. The van der Waals surface area contributed by atoms with Crippen molar-refractivity contribution in [3.8, 4) is 17.2 Å². The molecule has 4 rings (SSSR count). The highest BCUT2D eigenvalue weighted by molar-refractivity contribution is 5.87. The van der Waals surface area contributed by atoms with Crippen LogP contribution < -0.4 is 0 Å². The first kappa shape index (κ1) is 18.4. The van der Waals surface area contributed by atoms with E-state index in [1.54, 1.807) is 30.3 Å². The molecule has 7 heteroatoms. The lowest BCUT2D eigenvalue weighted by molar-refractivity contribution is -0.385. The standard InChI is InChI=1S/C22H17N3O4/c1-2-14-7-10-21-18(11-14)24-22(29-21)17-12-16(8-9-20(17)26)23-13-15-5-3-4-6-19(15)25(27)28/h3-13,26H,2H2,1H3. The predicted octanol–water partition coefficient (Wildman–Crippen LogP) is 5.42. The number of phenolic OH excluding ortho intramolecular Hbond substituents is 1. The van der Waals surface area contributed by atoms with E-state index in [9.17, 15) is 15.2 Å². The van der Waals surface area contributed by atoms with Crippen LogP contribution in [0.25, 0.3) is 22.6 Å². The number of aromatic hydroxyl groups is 1. The molecule has 0 bridgehead atoms. The minimum atomic E-state index is -0.452. The Hall–Kier alpha value is -4.00. The van der Waals surface area contributed by atoms with Gasteiger partial charge in [0.25, 0.3) is 5.69 Å². The maximum atomic E-state index is 11.1. The molecule has 0 spiro atoms. The van der Waals surface area contributed by atoms with E-state index in [4.69, 9.17) is 4.42 Å². The summed E-state index contributed by atoms with van der Waals surface area (Å²) in [6.45, 7) is 2.06. The van der Waals surface area contributed by atoms with E-state index in [-0.39, 0.29) is 17.3 Å². The van der Waals surface area contributed by atoms with Gasteiger partial charge in [-0.1, -0.05) is 25.1 Å². The number of nitro groups is 1. The lowest BCUT2D eigenvalue weighted by atomic mass is 10.1. The van der Waals surface area contributed by atoms with Crippen LogP contribution >= 0.6 is 0 Å². The number of aromatic nitrogens is 1. The number of rotatable bonds is 5. The highest BCUT2D eigenvalue weighted by Gasteiger charge is 2.14. The first-order valence-corrected chi connectivity index (χ1v) is 9.05. The number of nitro benzene ring substituents is 1. The van der Waals surface area contributed by atoms with E-state index in [1.807, 2.05) is 18.2 Å². The lowest BCUT2D eigenvalue weighted by Crippen LogP contribution is -1.93. The fourth-order valence-corrected chi connectivity index (χ4v) is 2.99. The number of aryl methyl sites for hydroxylation is 1. The van der Waals surface area contributed by atoms with E-state index in [2.05, 4.69) is 16.9 Å². The summed E-state index contributed by atoms with van der Waals surface area (Å²) < 4.78 is 5.79. The molecule has 0 unspecified atom stereocenters. The molecular formula is C22H17N3O4. The molecule has 0 amide bonds. The summed E-state index contributed by atoms with van der Waals surface area (Å²) >= 11 is 0. The minimum absolute atomic E-state index is 0.0110. The second-order valence-corrected chi connectivity index (χ2v) is 6.45. The van der Waals surface area contributed by atoms with Crippen LogP contribution in [0.15, 0.2) is 70.1 Å². The average molecular weight is 387 g/mol. The molecule has 1 N–H and O–H groups in total. The topological polar surface area (TPSA) is 102 Å². The predicted molar refractivity (Wildman–Crippen MR) is 111 cm³/mol. The van der Waals surface area contributed by atoms with Crippen LogP contribution in [-0.4, -0.2) is 21.2 Å². The van der Waals surface area contributed by atoms with Crippen LogP contribution in [-0.2, 0) is 6.42 Å². The molecule has 144 valence electrons. The molecule has 0 radical (unpaired) electrons. The Kier molecular flexibility index (Phi) is 4.78. The third-order valence-electron chi connectivity index (χ3n) is 4.56. The van der Waals surface area contributed by atoms with Crippen LogP contribution in [0.4, 0.5) is 11.4 Å². The third kappa shape index (κ3) is 3.70. The molecule has 0 aliphatic heterocycles. The van der Waals surface area contributed by atoms with Gasteiger partial charge < -0.3 is 9.52 Å². The van der Waals surface area contributed by atoms with Gasteiger partial charge in [-0.3, -0.25) is 15.1 Å². The zero-order chi connectivity index (χ0) is 20.4. The SMILES string of the molecule is CCc1ccc2oc(-c3cc(N=Cc4ccccc4[N+](=O)[O-])ccc3O)nc2c1. The Morgan fingerprint density at radius 3 is 2.79 bits per heavy atom. The normalized spacial score (nSPS) is 11.3. The lowest BCUT2D eigenvalue weighted by Gasteiger charge is -2.02. The van der Waals surface area contributed by atoms with Crippen LogP contribution in [0.1, 0.15) is 18.1 Å². The van der Waals surface area contributed by atoms with Crippen molar-refractivity contribution < 1.29 is 14.4 Å². The Labute approximate surface area is 166 Å². The second kappa shape index (κ2) is 7.55. The Bertz CT molecular complexity index is 1240. The first-order chi connectivity index (χ1) is 14.0. The van der Waals surface area contributed by atoms with Gasteiger partial charge in [-0.15, -0.1) is 0 Å². The van der Waals surface area contributed by atoms with E-state index in [1.165, 1.54) is 18.3 Å². The number of oxazole rings is 1. The van der Waals surface area contributed by atoms with Crippen LogP contribution in [0, 0.1) is 10.1 Å². The van der Waals surface area contributed by atoms with Gasteiger partial charge in [0.15, 0.2) is 5.58 Å². The zero-order valence-corrected chi connectivity index (χ0v) is 15.6. The maximum absolute atomic E-state index is 11.1. The molecule has 1 aromatic heterocycles. The van der Waals surface area contributed by atoms with Gasteiger partial charge in [-0.25, -0.2) is 4.98 Å². The summed E-state index contributed by atoms with van der Waals surface area (Å²) in [7, 11) is 0. The van der Waals surface area contributed by atoms with Gasteiger partial charge >= 0.3 is 0 Å². The number of para-hydroxylation sites is 1. The van der Waals surface area contributed by atoms with E-state index < -0.39 is 4.92 Å². The molecular weight excluding hydrogens is 370 g/mol. The van der Waals surface area contributed by atoms with E-state index >= 15 is 0 Å². The summed E-state index contributed by atoms with van der Waals surface area (Å²) in [5.41, 5.74) is 3.76. The molecule has 29 heavy (non-hydrogen) atoms. The first-order valence-electron chi connectivity index (χ1n) is 9.05. The van der Waals surface area contributed by atoms with Crippen molar-refractivity contribution in [3.05, 3.63) is 81.9 Å². The van der Waals surface area contributed by atoms with Crippen molar-refractivity contribution in [2.75, 3.05) is 0 Å². The van der Waals surface area contributed by atoms with Crippen molar-refractivity contribution >= 4 is 28.7 Å². The largest absolute Gasteiger partial charge is 0.507 e. The van der Waals surface area contributed by atoms with Crippen molar-refractivity contribution in [2.45, 2.75) is 13.3 Å². The van der Waals surface area contributed by atoms with Gasteiger partial charge in [0.05, 0.1) is 21.7 Å². The minimum Gasteiger partial charge on any atom is -0.507 e. The van der Waals surface area contributed by atoms with Crippen molar-refractivity contribution in [3.63, 3.8) is 0 Å². The highest BCUT2D eigenvalue weighted by Crippen LogP contribution is 2.34. The average Bonchev–Trinajstić information content (AvgIpc) is 3.16. The molecule has 0 aliphatic rings. The van der Waals surface area contributed by atoms with E-state index in [0.29, 0.717) is 27.9 Å². The smallest absolute Gasteiger partial charge is 0.278 e. The fraction of sp³-hybridized carbons (Fsp3) is 0.0909. The molecule has 0 saturated heterocycles. The van der Waals surface area contributed by atoms with Gasteiger partial charge in [-0.05, 0) is 48.4 Å². The summed E-state index contributed by atoms with van der Waals surface area (Å²) in [5, 5.41) is 21.4. The van der Waals surface area contributed by atoms with Crippen molar-refractivity contribution in [1.29, 1.82) is 0 Å². The number of nitrogens with zero attached hydrogens (tertiary/aromatic N) is 3. The molecule has 0 aliphatic carbocycles. The monoisotopic (exact) mass is 387 g/mol. The number of phenols is 1. The second-order valence-electron chi connectivity index (χ2n) is 6.45. The van der Waals surface area contributed by atoms with Gasteiger partial charge in [0, 0.05) is 12.3 Å². The Balaban J connectivity index is 1.71.